The summed E-state index contributed by atoms with van der Waals surface area (Å²) in [5.41, 5.74) is -0.394. The predicted octanol–water partition coefficient (Wildman–Crippen LogP) is 0.377. The molecule has 1 saturated heterocycles. The van der Waals surface area contributed by atoms with Gasteiger partial charge in [-0.25, -0.2) is 9.78 Å². The average Bonchev–Trinajstić information content (AvgIpc) is 3.06. The van der Waals surface area contributed by atoms with Gasteiger partial charge in [0.25, 0.3) is 5.91 Å². The molecule has 0 saturated carbocycles. The molecule has 104 valence electrons. The number of methoxy groups -OCH3 is 1. The minimum absolute atomic E-state index is 0.101. The van der Waals surface area contributed by atoms with Gasteiger partial charge in [0.2, 0.25) is 5.01 Å². The van der Waals surface area contributed by atoms with Crippen molar-refractivity contribution in [3.05, 3.63) is 16.1 Å². The van der Waals surface area contributed by atoms with E-state index in [1.165, 1.54) is 5.38 Å². The van der Waals surface area contributed by atoms with Gasteiger partial charge in [0.1, 0.15) is 11.3 Å². The van der Waals surface area contributed by atoms with Crippen LogP contribution in [0.2, 0.25) is 0 Å². The van der Waals surface area contributed by atoms with E-state index in [9.17, 15) is 9.59 Å². The molecule has 1 aromatic heterocycles. The summed E-state index contributed by atoms with van der Waals surface area (Å²) in [7, 11) is 1.58. The number of hydrogen-bond donors (Lipinski definition) is 2. The van der Waals surface area contributed by atoms with Crippen LogP contribution in [0.4, 0.5) is 0 Å². The third-order valence-corrected chi connectivity index (χ3v) is 3.82. The maximum absolute atomic E-state index is 11.8. The Bertz CT molecular complexity index is 481. The lowest BCUT2D eigenvalue weighted by Crippen LogP contribution is -2.45. The molecule has 1 aromatic rings. The highest BCUT2D eigenvalue weighted by molar-refractivity contribution is 7.11. The first-order valence-electron chi connectivity index (χ1n) is 5.66. The molecule has 1 unspecified atom stereocenters. The van der Waals surface area contributed by atoms with Crippen LogP contribution in [0.25, 0.3) is 0 Å². The molecule has 1 amide bonds. The van der Waals surface area contributed by atoms with Gasteiger partial charge in [-0.05, 0) is 0 Å². The zero-order chi connectivity index (χ0) is 13.9. The lowest BCUT2D eigenvalue weighted by Gasteiger charge is -2.25. The number of carbonyl (C=O) groups excluding carboxylic acids is 1. The SMILES string of the molecule is COC1(CNC(=O)c2csc(C(=O)O)n2)CCOC1. The third kappa shape index (κ3) is 3.09. The van der Waals surface area contributed by atoms with Crippen LogP contribution in [-0.2, 0) is 9.47 Å². The summed E-state index contributed by atoms with van der Waals surface area (Å²) in [6.45, 7) is 1.34. The Labute approximate surface area is 113 Å². The predicted molar refractivity (Wildman–Crippen MR) is 66.6 cm³/mol. The van der Waals surface area contributed by atoms with Gasteiger partial charge in [-0.3, -0.25) is 4.79 Å². The molecule has 2 heterocycles. The smallest absolute Gasteiger partial charge is 0.365 e. The number of carboxylic acid groups (broad SMARTS) is 1. The highest BCUT2D eigenvalue weighted by Gasteiger charge is 2.35. The van der Waals surface area contributed by atoms with Crippen LogP contribution in [-0.4, -0.2) is 54.4 Å². The number of amides is 1. The number of hydrogen-bond acceptors (Lipinski definition) is 6. The van der Waals surface area contributed by atoms with E-state index in [2.05, 4.69) is 10.3 Å². The van der Waals surface area contributed by atoms with Gasteiger partial charge >= 0.3 is 5.97 Å². The number of aromatic nitrogens is 1. The lowest BCUT2D eigenvalue weighted by molar-refractivity contribution is -0.0149. The summed E-state index contributed by atoms with van der Waals surface area (Å²) in [4.78, 5) is 26.3. The van der Waals surface area contributed by atoms with Crippen LogP contribution < -0.4 is 5.32 Å². The summed E-state index contributed by atoms with van der Waals surface area (Å²) in [5, 5.41) is 12.8. The van der Waals surface area contributed by atoms with E-state index < -0.39 is 17.5 Å². The lowest BCUT2D eigenvalue weighted by atomic mass is 10.0. The molecule has 0 radical (unpaired) electrons. The Kier molecular flexibility index (Phi) is 4.13. The fourth-order valence-corrected chi connectivity index (χ4v) is 2.40. The van der Waals surface area contributed by atoms with E-state index in [0.29, 0.717) is 26.2 Å². The Morgan fingerprint density at radius 2 is 2.47 bits per heavy atom. The van der Waals surface area contributed by atoms with Crippen molar-refractivity contribution >= 4 is 23.2 Å². The molecule has 1 fully saturated rings. The van der Waals surface area contributed by atoms with Crippen molar-refractivity contribution in [2.75, 3.05) is 26.9 Å². The highest BCUT2D eigenvalue weighted by Crippen LogP contribution is 2.21. The number of aromatic carboxylic acids is 1. The van der Waals surface area contributed by atoms with Crippen LogP contribution in [0.5, 0.6) is 0 Å². The maximum Gasteiger partial charge on any atom is 0.365 e. The molecular formula is C11H14N2O5S. The maximum atomic E-state index is 11.8. The average molecular weight is 286 g/mol. The monoisotopic (exact) mass is 286 g/mol. The fourth-order valence-electron chi connectivity index (χ4n) is 1.77. The van der Waals surface area contributed by atoms with Gasteiger partial charge < -0.3 is 19.9 Å². The van der Waals surface area contributed by atoms with Crippen molar-refractivity contribution in [1.82, 2.24) is 10.3 Å². The van der Waals surface area contributed by atoms with Gasteiger partial charge in [0.05, 0.1) is 6.61 Å². The first kappa shape index (κ1) is 13.9. The largest absolute Gasteiger partial charge is 0.476 e. The number of carboxylic acids is 1. The van der Waals surface area contributed by atoms with Gasteiger partial charge in [-0.2, -0.15) is 0 Å². The molecule has 19 heavy (non-hydrogen) atoms. The zero-order valence-corrected chi connectivity index (χ0v) is 11.2. The quantitative estimate of drug-likeness (QED) is 0.812. The van der Waals surface area contributed by atoms with E-state index >= 15 is 0 Å². The van der Waals surface area contributed by atoms with Gasteiger partial charge in [-0.15, -0.1) is 11.3 Å². The van der Waals surface area contributed by atoms with Crippen molar-refractivity contribution in [2.45, 2.75) is 12.0 Å². The van der Waals surface area contributed by atoms with Crippen LogP contribution in [0, 0.1) is 0 Å². The minimum Gasteiger partial charge on any atom is -0.476 e. The summed E-state index contributed by atoms with van der Waals surface area (Å²) in [6.07, 6.45) is 0.710. The second kappa shape index (κ2) is 5.64. The summed E-state index contributed by atoms with van der Waals surface area (Å²) in [5.74, 6) is -1.55. The van der Waals surface area contributed by atoms with E-state index in [0.717, 1.165) is 11.3 Å². The van der Waals surface area contributed by atoms with Gasteiger partial charge in [-0.1, -0.05) is 0 Å². The fraction of sp³-hybridized carbons (Fsp3) is 0.545. The molecule has 0 spiro atoms. The second-order valence-corrected chi connectivity index (χ2v) is 5.07. The molecule has 2 N–H and O–H groups in total. The Morgan fingerprint density at radius 1 is 1.68 bits per heavy atom. The molecular weight excluding hydrogens is 272 g/mol. The first-order valence-corrected chi connectivity index (χ1v) is 6.54. The summed E-state index contributed by atoms with van der Waals surface area (Å²) in [6, 6.07) is 0. The van der Waals surface area contributed by atoms with Gasteiger partial charge in [0, 0.05) is 32.1 Å². The van der Waals surface area contributed by atoms with Crippen molar-refractivity contribution in [3.63, 3.8) is 0 Å². The number of rotatable bonds is 5. The van der Waals surface area contributed by atoms with Crippen LogP contribution in [0.3, 0.4) is 0 Å². The van der Waals surface area contributed by atoms with Crippen molar-refractivity contribution in [3.8, 4) is 0 Å². The zero-order valence-electron chi connectivity index (χ0n) is 10.3. The number of ether oxygens (including phenoxy) is 2. The topological polar surface area (TPSA) is 97.8 Å². The van der Waals surface area contributed by atoms with Crippen molar-refractivity contribution in [1.29, 1.82) is 0 Å². The van der Waals surface area contributed by atoms with Crippen molar-refractivity contribution < 1.29 is 24.2 Å². The molecule has 8 heteroatoms. The molecule has 1 atom stereocenters. The summed E-state index contributed by atoms with van der Waals surface area (Å²) >= 11 is 0.922. The molecule has 2 rings (SSSR count). The standard InChI is InChI=1S/C11H14N2O5S/c1-17-11(2-3-18-6-11)5-12-8(14)7-4-19-9(13-7)10(15)16/h4H,2-3,5-6H2,1H3,(H,12,14)(H,15,16). The normalized spacial score (nSPS) is 22.4. The van der Waals surface area contributed by atoms with Gasteiger partial charge in [0.15, 0.2) is 0 Å². The number of carbonyl (C=O) groups is 2. The highest BCUT2D eigenvalue weighted by atomic mass is 32.1. The van der Waals surface area contributed by atoms with Crippen LogP contribution >= 0.6 is 11.3 Å². The Balaban J connectivity index is 1.95. The van der Waals surface area contributed by atoms with E-state index in [4.69, 9.17) is 14.6 Å². The third-order valence-electron chi connectivity index (χ3n) is 2.99. The van der Waals surface area contributed by atoms with E-state index in [1.807, 2.05) is 0 Å². The Morgan fingerprint density at radius 3 is 3.00 bits per heavy atom. The van der Waals surface area contributed by atoms with Crippen LogP contribution in [0.1, 0.15) is 26.7 Å². The molecule has 1 aliphatic heterocycles. The minimum atomic E-state index is -1.14. The number of nitrogens with zero attached hydrogens (tertiary/aromatic N) is 1. The van der Waals surface area contributed by atoms with E-state index in [-0.39, 0.29) is 10.7 Å². The second-order valence-electron chi connectivity index (χ2n) is 4.22. The van der Waals surface area contributed by atoms with E-state index in [1.54, 1.807) is 7.11 Å². The molecule has 0 aromatic carbocycles. The molecule has 1 aliphatic rings. The number of thiazole rings is 1. The molecule has 0 bridgehead atoms. The van der Waals surface area contributed by atoms with Crippen LogP contribution in [0.15, 0.2) is 5.38 Å². The number of nitrogens with one attached hydrogen (secondary N) is 1. The molecule has 7 nitrogen and oxygen atoms in total. The summed E-state index contributed by atoms with van der Waals surface area (Å²) < 4.78 is 10.6. The first-order chi connectivity index (χ1) is 9.06. The molecule has 0 aliphatic carbocycles. The van der Waals surface area contributed by atoms with Crippen molar-refractivity contribution in [2.24, 2.45) is 0 Å². The Hall–Kier alpha value is -1.51.